The summed E-state index contributed by atoms with van der Waals surface area (Å²) in [7, 11) is 3.43. The molecule has 4 nitrogen and oxygen atoms in total. The van der Waals surface area contributed by atoms with Gasteiger partial charge in [0.1, 0.15) is 17.2 Å². The molecular formula is C35H35NO3. The largest absolute Gasteiger partial charge is 0.497 e. The summed E-state index contributed by atoms with van der Waals surface area (Å²) in [5.41, 5.74) is 8.87. The molecule has 3 aromatic carbocycles. The molecule has 0 saturated heterocycles. The van der Waals surface area contributed by atoms with Crippen LogP contribution in [0.1, 0.15) is 56.1 Å². The molecule has 2 aliphatic heterocycles. The first-order valence-corrected chi connectivity index (χ1v) is 14.2. The lowest BCUT2D eigenvalue weighted by atomic mass is 9.68. The second-order valence-corrected chi connectivity index (χ2v) is 11.1. The molecule has 0 aromatic heterocycles. The Morgan fingerprint density at radius 3 is 2.21 bits per heavy atom. The van der Waals surface area contributed by atoms with E-state index in [2.05, 4.69) is 65.6 Å². The Bertz CT molecular complexity index is 1480. The number of benzene rings is 3. The van der Waals surface area contributed by atoms with E-state index in [9.17, 15) is 0 Å². The first-order chi connectivity index (χ1) is 19.2. The van der Waals surface area contributed by atoms with Crippen molar-refractivity contribution in [2.24, 2.45) is 5.92 Å². The Kier molecular flexibility index (Phi) is 5.99. The summed E-state index contributed by atoms with van der Waals surface area (Å²) in [6, 6.07) is 25.5. The minimum atomic E-state index is -0.489. The van der Waals surface area contributed by atoms with Gasteiger partial charge in [0.2, 0.25) is 5.72 Å². The number of allylic oxidation sites excluding steroid dienone is 2. The molecular weight excluding hydrogens is 482 g/mol. The summed E-state index contributed by atoms with van der Waals surface area (Å²) in [5, 5.41) is 0. The van der Waals surface area contributed by atoms with Crippen LogP contribution in [0.4, 0.5) is 5.69 Å². The van der Waals surface area contributed by atoms with Gasteiger partial charge in [-0.2, -0.15) is 0 Å². The molecule has 0 bridgehead atoms. The number of hydrogen-bond donors (Lipinski definition) is 0. The lowest BCUT2D eigenvalue weighted by Crippen LogP contribution is -2.60. The molecule has 1 fully saturated rings. The van der Waals surface area contributed by atoms with Crippen LogP contribution in [0.15, 0.2) is 95.2 Å². The first kappa shape index (κ1) is 24.1. The van der Waals surface area contributed by atoms with E-state index in [0.29, 0.717) is 5.92 Å². The van der Waals surface area contributed by atoms with E-state index < -0.39 is 5.72 Å². The van der Waals surface area contributed by atoms with Crippen LogP contribution in [-0.4, -0.2) is 19.9 Å². The zero-order valence-corrected chi connectivity index (χ0v) is 22.8. The lowest BCUT2D eigenvalue weighted by molar-refractivity contribution is 0.0353. The number of ether oxygens (including phenoxy) is 3. The van der Waals surface area contributed by atoms with Crippen molar-refractivity contribution in [2.45, 2.75) is 50.7 Å². The summed E-state index contributed by atoms with van der Waals surface area (Å²) in [4.78, 5) is 2.61. The van der Waals surface area contributed by atoms with Crippen molar-refractivity contribution in [1.82, 2.24) is 0 Å². The zero-order chi connectivity index (χ0) is 26.4. The van der Waals surface area contributed by atoms with E-state index in [1.165, 1.54) is 52.9 Å². The van der Waals surface area contributed by atoms with Gasteiger partial charge in [0.25, 0.3) is 0 Å². The van der Waals surface area contributed by atoms with Crippen LogP contribution in [-0.2, 0) is 0 Å². The molecule has 2 atom stereocenters. The molecule has 198 valence electrons. The maximum absolute atomic E-state index is 7.17. The summed E-state index contributed by atoms with van der Waals surface area (Å²) < 4.78 is 18.0. The van der Waals surface area contributed by atoms with Crippen molar-refractivity contribution in [3.05, 3.63) is 106 Å². The third kappa shape index (κ3) is 3.96. The maximum Gasteiger partial charge on any atom is 0.213 e. The van der Waals surface area contributed by atoms with Crippen LogP contribution >= 0.6 is 0 Å². The van der Waals surface area contributed by atoms with Gasteiger partial charge in [-0.05, 0) is 121 Å². The molecule has 2 aliphatic carbocycles. The Balaban J connectivity index is 1.39. The minimum Gasteiger partial charge on any atom is -0.497 e. The second-order valence-electron chi connectivity index (χ2n) is 11.1. The standard InChI is InChI=1S/C35H35NO3/c1-37-30-17-13-24(14-18-30)21-26-7-5-8-27-23-29-10-6-9-28(22-25-15-19-31(38-2)20-16-25)35(29)36(34(26)27)32-11-3-4-12-33(32)39-35/h3-4,11-22,29H,5-10,23H2,1-2H3/b26-21-,28-22+/t29-,35+/m1/s1. The number of methoxy groups -OCH3 is 2. The number of rotatable bonds is 4. The van der Waals surface area contributed by atoms with Gasteiger partial charge in [0.05, 0.1) is 19.9 Å². The fourth-order valence-corrected chi connectivity index (χ4v) is 7.17. The number of hydrogen-bond acceptors (Lipinski definition) is 4. The molecule has 3 aromatic rings. The van der Waals surface area contributed by atoms with Crippen molar-refractivity contribution in [2.75, 3.05) is 19.1 Å². The molecule has 0 radical (unpaired) electrons. The average molecular weight is 518 g/mol. The van der Waals surface area contributed by atoms with Crippen molar-refractivity contribution in [3.63, 3.8) is 0 Å². The summed E-state index contributed by atoms with van der Waals surface area (Å²) >= 11 is 0. The van der Waals surface area contributed by atoms with Crippen molar-refractivity contribution in [1.29, 1.82) is 0 Å². The summed E-state index contributed by atoms with van der Waals surface area (Å²) in [5.74, 6) is 3.18. The van der Waals surface area contributed by atoms with E-state index >= 15 is 0 Å². The van der Waals surface area contributed by atoms with Gasteiger partial charge in [0.15, 0.2) is 0 Å². The Labute approximate surface area is 231 Å². The highest BCUT2D eigenvalue weighted by Crippen LogP contribution is 2.61. The highest BCUT2D eigenvalue weighted by atomic mass is 16.5. The van der Waals surface area contributed by atoms with E-state index in [4.69, 9.17) is 14.2 Å². The Morgan fingerprint density at radius 1 is 0.795 bits per heavy atom. The van der Waals surface area contributed by atoms with Crippen LogP contribution in [0, 0.1) is 5.92 Å². The normalized spacial score (nSPS) is 25.5. The smallest absolute Gasteiger partial charge is 0.213 e. The van der Waals surface area contributed by atoms with Gasteiger partial charge in [-0.1, -0.05) is 36.4 Å². The molecule has 0 amide bonds. The first-order valence-electron chi connectivity index (χ1n) is 14.2. The van der Waals surface area contributed by atoms with Crippen LogP contribution in [0.25, 0.3) is 12.2 Å². The van der Waals surface area contributed by atoms with Crippen LogP contribution < -0.4 is 19.1 Å². The molecule has 2 heterocycles. The molecule has 0 N–H and O–H groups in total. The van der Waals surface area contributed by atoms with E-state index in [1.807, 2.05) is 24.3 Å². The van der Waals surface area contributed by atoms with Crippen LogP contribution in [0.5, 0.6) is 17.2 Å². The molecule has 7 rings (SSSR count). The highest BCUT2D eigenvalue weighted by molar-refractivity contribution is 5.78. The van der Waals surface area contributed by atoms with Gasteiger partial charge < -0.3 is 14.2 Å². The molecule has 1 spiro atoms. The van der Waals surface area contributed by atoms with E-state index in [0.717, 1.165) is 42.9 Å². The number of nitrogens with zero attached hydrogens (tertiary/aromatic N) is 1. The zero-order valence-electron chi connectivity index (χ0n) is 22.8. The molecule has 4 heteroatoms. The van der Waals surface area contributed by atoms with Crippen molar-refractivity contribution < 1.29 is 14.2 Å². The fraction of sp³-hybridized carbons (Fsp3) is 0.314. The monoisotopic (exact) mass is 517 g/mol. The SMILES string of the molecule is COc1ccc(/C=C2/CCCC3=C2N2c4ccccc4O[C@]24/C(=C/c2ccc(OC)cc2)CCC[C@@H]4C3)cc1. The van der Waals surface area contributed by atoms with Gasteiger partial charge in [0, 0.05) is 11.6 Å². The fourth-order valence-electron chi connectivity index (χ4n) is 7.17. The molecule has 39 heavy (non-hydrogen) atoms. The van der Waals surface area contributed by atoms with Crippen LogP contribution in [0.3, 0.4) is 0 Å². The summed E-state index contributed by atoms with van der Waals surface area (Å²) in [6.07, 6.45) is 12.7. The number of para-hydroxylation sites is 2. The lowest BCUT2D eigenvalue weighted by Gasteiger charge is -2.53. The third-order valence-electron chi connectivity index (χ3n) is 8.91. The highest BCUT2D eigenvalue weighted by Gasteiger charge is 2.59. The molecule has 1 saturated carbocycles. The maximum atomic E-state index is 7.17. The van der Waals surface area contributed by atoms with Gasteiger partial charge in [-0.15, -0.1) is 0 Å². The topological polar surface area (TPSA) is 30.9 Å². The second kappa shape index (κ2) is 9.68. The minimum absolute atomic E-state index is 0.419. The van der Waals surface area contributed by atoms with Gasteiger partial charge in [-0.3, -0.25) is 4.90 Å². The molecule has 0 unspecified atom stereocenters. The number of fused-ring (bicyclic) bond motifs is 3. The summed E-state index contributed by atoms with van der Waals surface area (Å²) in [6.45, 7) is 0. The predicted molar refractivity (Wildman–Crippen MR) is 157 cm³/mol. The molecule has 4 aliphatic rings. The predicted octanol–water partition coefficient (Wildman–Crippen LogP) is 8.41. The third-order valence-corrected chi connectivity index (χ3v) is 8.91. The Morgan fingerprint density at radius 2 is 1.49 bits per heavy atom. The van der Waals surface area contributed by atoms with Crippen LogP contribution in [0.2, 0.25) is 0 Å². The van der Waals surface area contributed by atoms with Crippen molar-refractivity contribution in [3.8, 4) is 17.2 Å². The number of anilines is 1. The Hall–Kier alpha value is -3.92. The average Bonchev–Trinajstić information content (AvgIpc) is 3.33. The van der Waals surface area contributed by atoms with Gasteiger partial charge in [-0.25, -0.2) is 0 Å². The van der Waals surface area contributed by atoms with E-state index in [-0.39, 0.29) is 0 Å². The van der Waals surface area contributed by atoms with E-state index in [1.54, 1.807) is 19.8 Å². The quantitative estimate of drug-likeness (QED) is 0.348. The van der Waals surface area contributed by atoms with Crippen molar-refractivity contribution >= 4 is 17.8 Å². The van der Waals surface area contributed by atoms with Gasteiger partial charge >= 0.3 is 0 Å².